The second-order valence-corrected chi connectivity index (χ2v) is 5.72. The first kappa shape index (κ1) is 18.2. The maximum absolute atomic E-state index is 11.9. The van der Waals surface area contributed by atoms with Crippen LogP contribution in [-0.2, 0) is 11.3 Å². The lowest BCUT2D eigenvalue weighted by Gasteiger charge is -2.11. The van der Waals surface area contributed by atoms with Crippen LogP contribution in [0, 0.1) is 10.1 Å². The number of nitro benzene ring substituents is 1. The summed E-state index contributed by atoms with van der Waals surface area (Å²) in [4.78, 5) is 22.2. The Kier molecular flexibility index (Phi) is 6.28. The number of benzene rings is 2. The number of nitro groups is 1. The number of carbonyl (C=O) groups is 1. The van der Waals surface area contributed by atoms with E-state index in [2.05, 4.69) is 5.32 Å². The molecule has 2 aromatic rings. The number of amides is 1. The van der Waals surface area contributed by atoms with Crippen LogP contribution in [0.5, 0.6) is 5.75 Å². The number of rotatable bonds is 7. The molecule has 2 aromatic carbocycles. The van der Waals surface area contributed by atoms with E-state index in [1.54, 1.807) is 18.2 Å². The third-order valence-corrected chi connectivity index (χ3v) is 3.25. The van der Waals surface area contributed by atoms with E-state index in [1.807, 2.05) is 38.1 Å². The number of hydrogen-bond donors (Lipinski definition) is 1. The first-order valence-corrected chi connectivity index (χ1v) is 7.90. The molecule has 0 spiro atoms. The van der Waals surface area contributed by atoms with Crippen molar-refractivity contribution >= 4 is 17.7 Å². The van der Waals surface area contributed by atoms with Gasteiger partial charge in [0.15, 0.2) is 0 Å². The smallest absolute Gasteiger partial charge is 0.270 e. The number of nitrogens with one attached hydrogen (secondary N) is 1. The van der Waals surface area contributed by atoms with Gasteiger partial charge >= 0.3 is 0 Å². The minimum absolute atomic E-state index is 0.00970. The molecule has 0 aromatic heterocycles. The van der Waals surface area contributed by atoms with Gasteiger partial charge in [0.1, 0.15) is 5.75 Å². The quantitative estimate of drug-likeness (QED) is 0.473. The summed E-state index contributed by atoms with van der Waals surface area (Å²) in [5.74, 6) is 0.482. The van der Waals surface area contributed by atoms with Crippen molar-refractivity contribution in [2.24, 2.45) is 0 Å². The van der Waals surface area contributed by atoms with Gasteiger partial charge in [0.05, 0.1) is 11.0 Å². The standard InChI is InChI=1S/C19H20N2O4/c1-14(2)25-18-8-4-6-16(12-18)13-20-19(22)10-9-15-5-3-7-17(11-15)21(23)24/h3-12,14H,13H2,1-2H3,(H,20,22)/b10-9+. The molecule has 0 saturated carbocycles. The van der Waals surface area contributed by atoms with Crippen molar-refractivity contribution in [1.29, 1.82) is 0 Å². The Balaban J connectivity index is 1.92. The van der Waals surface area contributed by atoms with Crippen LogP contribution < -0.4 is 10.1 Å². The lowest BCUT2D eigenvalue weighted by molar-refractivity contribution is -0.384. The normalized spacial score (nSPS) is 10.8. The summed E-state index contributed by atoms with van der Waals surface area (Å²) in [7, 11) is 0. The summed E-state index contributed by atoms with van der Waals surface area (Å²) in [6.45, 7) is 4.27. The lowest BCUT2D eigenvalue weighted by atomic mass is 10.2. The van der Waals surface area contributed by atoms with Gasteiger partial charge < -0.3 is 10.1 Å². The van der Waals surface area contributed by atoms with Crippen LogP contribution in [0.2, 0.25) is 0 Å². The summed E-state index contributed by atoms with van der Waals surface area (Å²) in [6, 6.07) is 13.6. The average Bonchev–Trinajstić information content (AvgIpc) is 2.58. The predicted octanol–water partition coefficient (Wildman–Crippen LogP) is 3.71. The van der Waals surface area contributed by atoms with Crippen molar-refractivity contribution in [3.05, 3.63) is 75.8 Å². The van der Waals surface area contributed by atoms with E-state index in [1.165, 1.54) is 18.2 Å². The minimum atomic E-state index is -0.469. The van der Waals surface area contributed by atoms with Gasteiger partial charge in [-0.25, -0.2) is 0 Å². The number of non-ortho nitro benzene ring substituents is 1. The second-order valence-electron chi connectivity index (χ2n) is 5.72. The van der Waals surface area contributed by atoms with E-state index in [0.29, 0.717) is 12.1 Å². The zero-order chi connectivity index (χ0) is 18.2. The molecule has 25 heavy (non-hydrogen) atoms. The fraction of sp³-hybridized carbons (Fsp3) is 0.211. The Morgan fingerprint density at radius 1 is 1.24 bits per heavy atom. The number of carbonyl (C=O) groups excluding carboxylic acids is 1. The summed E-state index contributed by atoms with van der Waals surface area (Å²) in [5, 5.41) is 13.5. The fourth-order valence-corrected chi connectivity index (χ4v) is 2.16. The Labute approximate surface area is 146 Å². The topological polar surface area (TPSA) is 81.5 Å². The Morgan fingerprint density at radius 2 is 2.00 bits per heavy atom. The number of hydrogen-bond acceptors (Lipinski definition) is 4. The van der Waals surface area contributed by atoms with Crippen LogP contribution in [0.25, 0.3) is 6.08 Å². The van der Waals surface area contributed by atoms with E-state index in [0.717, 1.165) is 11.3 Å². The van der Waals surface area contributed by atoms with Gasteiger partial charge in [0, 0.05) is 24.8 Å². The fourth-order valence-electron chi connectivity index (χ4n) is 2.16. The van der Waals surface area contributed by atoms with Crippen LogP contribution in [0.1, 0.15) is 25.0 Å². The molecule has 1 N–H and O–H groups in total. The van der Waals surface area contributed by atoms with E-state index in [-0.39, 0.29) is 17.7 Å². The number of nitrogens with zero attached hydrogens (tertiary/aromatic N) is 1. The molecule has 6 heteroatoms. The van der Waals surface area contributed by atoms with Gasteiger partial charge in [-0.15, -0.1) is 0 Å². The molecule has 1 amide bonds. The molecule has 0 radical (unpaired) electrons. The van der Waals surface area contributed by atoms with Crippen LogP contribution in [0.15, 0.2) is 54.6 Å². The molecular formula is C19H20N2O4. The zero-order valence-corrected chi connectivity index (χ0v) is 14.1. The molecule has 0 bridgehead atoms. The summed E-state index contributed by atoms with van der Waals surface area (Å²) in [6.07, 6.45) is 2.98. The van der Waals surface area contributed by atoms with Crippen LogP contribution in [0.4, 0.5) is 5.69 Å². The van der Waals surface area contributed by atoms with Gasteiger partial charge in [-0.05, 0) is 43.2 Å². The molecule has 0 fully saturated rings. The van der Waals surface area contributed by atoms with Crippen molar-refractivity contribution in [1.82, 2.24) is 5.32 Å². The highest BCUT2D eigenvalue weighted by molar-refractivity contribution is 5.91. The van der Waals surface area contributed by atoms with Crippen LogP contribution in [-0.4, -0.2) is 16.9 Å². The summed E-state index contributed by atoms with van der Waals surface area (Å²) >= 11 is 0. The first-order chi connectivity index (χ1) is 11.9. The molecule has 0 atom stereocenters. The minimum Gasteiger partial charge on any atom is -0.491 e. The predicted molar refractivity (Wildman–Crippen MR) is 96.2 cm³/mol. The third kappa shape index (κ3) is 6.10. The Hall–Kier alpha value is -3.15. The summed E-state index contributed by atoms with van der Waals surface area (Å²) in [5.41, 5.74) is 1.51. The van der Waals surface area contributed by atoms with Crippen LogP contribution in [0.3, 0.4) is 0 Å². The highest BCUT2D eigenvalue weighted by Crippen LogP contribution is 2.15. The van der Waals surface area contributed by atoms with Gasteiger partial charge in [-0.1, -0.05) is 24.3 Å². The average molecular weight is 340 g/mol. The largest absolute Gasteiger partial charge is 0.491 e. The number of ether oxygens (including phenoxy) is 1. The highest BCUT2D eigenvalue weighted by atomic mass is 16.6. The molecule has 130 valence electrons. The molecular weight excluding hydrogens is 320 g/mol. The van der Waals surface area contributed by atoms with Crippen LogP contribution >= 0.6 is 0 Å². The van der Waals surface area contributed by atoms with E-state index < -0.39 is 4.92 Å². The molecule has 6 nitrogen and oxygen atoms in total. The van der Waals surface area contributed by atoms with Crippen molar-refractivity contribution in [2.45, 2.75) is 26.5 Å². The molecule has 0 aliphatic rings. The lowest BCUT2D eigenvalue weighted by Crippen LogP contribution is -2.20. The van der Waals surface area contributed by atoms with Gasteiger partial charge in [-0.2, -0.15) is 0 Å². The zero-order valence-electron chi connectivity index (χ0n) is 14.1. The first-order valence-electron chi connectivity index (χ1n) is 7.90. The van der Waals surface area contributed by atoms with Crippen molar-refractivity contribution < 1.29 is 14.5 Å². The molecule has 0 aliphatic carbocycles. The maximum Gasteiger partial charge on any atom is 0.270 e. The third-order valence-electron chi connectivity index (χ3n) is 3.25. The second kappa shape index (κ2) is 8.63. The van der Waals surface area contributed by atoms with Gasteiger partial charge in [-0.3, -0.25) is 14.9 Å². The van der Waals surface area contributed by atoms with E-state index in [9.17, 15) is 14.9 Å². The Bertz CT molecular complexity index is 784. The summed E-state index contributed by atoms with van der Waals surface area (Å²) < 4.78 is 5.62. The molecule has 0 saturated heterocycles. The van der Waals surface area contributed by atoms with Crippen molar-refractivity contribution in [2.75, 3.05) is 0 Å². The highest BCUT2D eigenvalue weighted by Gasteiger charge is 2.04. The molecule has 2 rings (SSSR count). The van der Waals surface area contributed by atoms with Gasteiger partial charge in [0.2, 0.25) is 5.91 Å². The SMILES string of the molecule is CC(C)Oc1cccc(CNC(=O)/C=C/c2cccc([N+](=O)[O-])c2)c1. The monoisotopic (exact) mass is 340 g/mol. The van der Waals surface area contributed by atoms with Crippen molar-refractivity contribution in [3.8, 4) is 5.75 Å². The van der Waals surface area contributed by atoms with E-state index >= 15 is 0 Å². The van der Waals surface area contributed by atoms with E-state index in [4.69, 9.17) is 4.74 Å². The maximum atomic E-state index is 11.9. The van der Waals surface area contributed by atoms with Gasteiger partial charge in [0.25, 0.3) is 5.69 Å². The molecule has 0 unspecified atom stereocenters. The Morgan fingerprint density at radius 3 is 2.72 bits per heavy atom. The van der Waals surface area contributed by atoms with Crippen molar-refractivity contribution in [3.63, 3.8) is 0 Å². The molecule has 0 heterocycles. The molecule has 0 aliphatic heterocycles.